The largest absolute Gasteiger partial charge is 0.488 e. The first-order valence-corrected chi connectivity index (χ1v) is 9.82. The minimum absolute atomic E-state index is 0.320. The van der Waals surface area contributed by atoms with Crippen molar-refractivity contribution >= 4 is 21.6 Å². The maximum absolute atomic E-state index is 12.2. The maximum Gasteiger partial charge on any atom is 0.242 e. The number of hydrogen-bond donors (Lipinski definition) is 1. The van der Waals surface area contributed by atoms with Crippen molar-refractivity contribution < 1.29 is 18.1 Å². The lowest BCUT2D eigenvalue weighted by Gasteiger charge is -2.16. The highest BCUT2D eigenvalue weighted by molar-refractivity contribution is 7.89. The van der Waals surface area contributed by atoms with Crippen molar-refractivity contribution in [2.75, 3.05) is 34.3 Å². The number of quaternary nitrogens is 1. The maximum atomic E-state index is 12.2. The van der Waals surface area contributed by atoms with Crippen LogP contribution < -0.4 is 9.64 Å². The molecule has 1 unspecified atom stereocenters. The summed E-state index contributed by atoms with van der Waals surface area (Å²) >= 11 is 5.85. The van der Waals surface area contributed by atoms with Crippen LogP contribution in [0.2, 0.25) is 5.02 Å². The molecule has 2 aromatic rings. The Bertz CT molecular complexity index is 792. The van der Waals surface area contributed by atoms with Crippen molar-refractivity contribution in [2.24, 2.45) is 0 Å². The lowest BCUT2D eigenvalue weighted by Crippen LogP contribution is -3.08. The molecule has 0 bridgehead atoms. The molecule has 0 radical (unpaired) electrons. The van der Waals surface area contributed by atoms with E-state index in [-0.39, 0.29) is 0 Å². The molecule has 0 heterocycles. The van der Waals surface area contributed by atoms with Crippen molar-refractivity contribution in [1.29, 1.82) is 0 Å². The molecule has 2 aromatic carbocycles. The lowest BCUT2D eigenvalue weighted by molar-refractivity contribution is -0.893. The van der Waals surface area contributed by atoms with E-state index < -0.39 is 10.0 Å². The summed E-state index contributed by atoms with van der Waals surface area (Å²) in [5, 5.41) is 0.683. The van der Waals surface area contributed by atoms with Crippen LogP contribution in [-0.2, 0) is 16.6 Å². The molecule has 0 spiro atoms. The number of nitrogens with one attached hydrogen (secondary N) is 1. The molecule has 0 aromatic heterocycles. The van der Waals surface area contributed by atoms with Gasteiger partial charge in [-0.05, 0) is 36.4 Å². The number of hydrogen-bond acceptors (Lipinski definition) is 3. The van der Waals surface area contributed by atoms with Crippen LogP contribution in [0, 0.1) is 0 Å². The highest BCUT2D eigenvalue weighted by Gasteiger charge is 2.17. The first kappa shape index (κ1) is 19.7. The Morgan fingerprint density at radius 3 is 2.44 bits per heavy atom. The number of sulfonamides is 1. The fraction of sp³-hybridized carbons (Fsp3) is 0.333. The van der Waals surface area contributed by atoms with Gasteiger partial charge in [0.05, 0.1) is 11.9 Å². The molecule has 0 aliphatic heterocycles. The second-order valence-corrected chi connectivity index (χ2v) is 8.71. The standard InChI is InChI=1S/C18H23ClN2O3S/c1-20(2)25(22,23)18-6-4-5-15(13-18)14-21(3)11-12-24-17-9-7-16(19)8-10-17/h4-10,13H,11-12,14H2,1-3H3/p+1. The van der Waals surface area contributed by atoms with Crippen molar-refractivity contribution in [2.45, 2.75) is 11.4 Å². The van der Waals surface area contributed by atoms with Gasteiger partial charge in [-0.3, -0.25) is 0 Å². The monoisotopic (exact) mass is 383 g/mol. The van der Waals surface area contributed by atoms with E-state index in [4.69, 9.17) is 16.3 Å². The minimum atomic E-state index is -3.40. The van der Waals surface area contributed by atoms with Gasteiger partial charge in [0.25, 0.3) is 0 Å². The third-order valence-corrected chi connectivity index (χ3v) is 5.86. The highest BCUT2D eigenvalue weighted by Crippen LogP contribution is 2.15. The molecular weight excluding hydrogens is 360 g/mol. The number of benzene rings is 2. The van der Waals surface area contributed by atoms with Crippen LogP contribution in [0.15, 0.2) is 53.4 Å². The summed E-state index contributed by atoms with van der Waals surface area (Å²) in [6.45, 7) is 2.09. The number of likely N-dealkylation sites (N-methyl/N-ethyl adjacent to an activating group) is 1. The van der Waals surface area contributed by atoms with Gasteiger partial charge in [-0.25, -0.2) is 12.7 Å². The van der Waals surface area contributed by atoms with Crippen LogP contribution in [0.1, 0.15) is 5.56 Å². The Balaban J connectivity index is 1.90. The van der Waals surface area contributed by atoms with Crippen molar-refractivity contribution in [1.82, 2.24) is 4.31 Å². The molecule has 0 saturated carbocycles. The quantitative estimate of drug-likeness (QED) is 0.754. The molecule has 0 aliphatic rings. The van der Waals surface area contributed by atoms with Gasteiger partial charge >= 0.3 is 0 Å². The first-order valence-electron chi connectivity index (χ1n) is 8.00. The van der Waals surface area contributed by atoms with Crippen LogP contribution in [0.4, 0.5) is 0 Å². The average molecular weight is 384 g/mol. The van der Waals surface area contributed by atoms with Crippen molar-refractivity contribution in [3.63, 3.8) is 0 Å². The topological polar surface area (TPSA) is 51.0 Å². The normalized spacial score (nSPS) is 13.0. The molecule has 25 heavy (non-hydrogen) atoms. The first-order chi connectivity index (χ1) is 11.8. The second-order valence-electron chi connectivity index (χ2n) is 6.12. The van der Waals surface area contributed by atoms with Crippen LogP contribution in [0.3, 0.4) is 0 Å². The van der Waals surface area contributed by atoms with E-state index in [0.717, 1.165) is 24.4 Å². The molecule has 7 heteroatoms. The van der Waals surface area contributed by atoms with Gasteiger partial charge in [0.1, 0.15) is 25.4 Å². The third-order valence-electron chi connectivity index (χ3n) is 3.79. The Hall–Kier alpha value is -1.60. The molecular formula is C18H24ClN2O3S+. The van der Waals surface area contributed by atoms with Crippen LogP contribution in [0.5, 0.6) is 5.75 Å². The molecule has 0 fully saturated rings. The number of halogens is 1. The Kier molecular flexibility index (Phi) is 6.84. The van der Waals surface area contributed by atoms with E-state index in [1.165, 1.54) is 23.3 Å². The van der Waals surface area contributed by atoms with Gasteiger partial charge in [0, 0.05) is 24.7 Å². The Morgan fingerprint density at radius 2 is 1.80 bits per heavy atom. The Morgan fingerprint density at radius 1 is 1.12 bits per heavy atom. The fourth-order valence-electron chi connectivity index (χ4n) is 2.34. The summed E-state index contributed by atoms with van der Waals surface area (Å²) in [5.74, 6) is 0.788. The van der Waals surface area contributed by atoms with Crippen LogP contribution in [0.25, 0.3) is 0 Å². The summed E-state index contributed by atoms with van der Waals surface area (Å²) in [7, 11) is 1.72. The van der Waals surface area contributed by atoms with Gasteiger partial charge in [0.2, 0.25) is 10.0 Å². The summed E-state index contributed by atoms with van der Waals surface area (Å²) in [4.78, 5) is 1.55. The van der Waals surface area contributed by atoms with Crippen LogP contribution >= 0.6 is 11.6 Å². The predicted octanol–water partition coefficient (Wildman–Crippen LogP) is 1.68. The summed E-state index contributed by atoms with van der Waals surface area (Å²) in [6, 6.07) is 14.4. The molecule has 136 valence electrons. The number of rotatable bonds is 8. The van der Waals surface area contributed by atoms with E-state index in [2.05, 4.69) is 7.05 Å². The fourth-order valence-corrected chi connectivity index (χ4v) is 3.44. The van der Waals surface area contributed by atoms with Crippen molar-refractivity contribution in [3.8, 4) is 5.75 Å². The van der Waals surface area contributed by atoms with E-state index in [1.807, 2.05) is 18.2 Å². The minimum Gasteiger partial charge on any atom is -0.488 e. The van der Waals surface area contributed by atoms with Gasteiger partial charge in [0.15, 0.2) is 0 Å². The molecule has 0 amide bonds. The van der Waals surface area contributed by atoms with Crippen molar-refractivity contribution in [3.05, 3.63) is 59.1 Å². The zero-order chi connectivity index (χ0) is 18.4. The predicted molar refractivity (Wildman–Crippen MR) is 99.7 cm³/mol. The molecule has 5 nitrogen and oxygen atoms in total. The summed E-state index contributed by atoms with van der Waals surface area (Å²) in [6.07, 6.45) is 0. The zero-order valence-corrected chi connectivity index (χ0v) is 16.3. The van der Waals surface area contributed by atoms with E-state index in [9.17, 15) is 8.42 Å². The number of ether oxygens (including phenoxy) is 1. The smallest absolute Gasteiger partial charge is 0.242 e. The molecule has 0 saturated heterocycles. The second kappa shape index (κ2) is 8.67. The van der Waals surface area contributed by atoms with Gasteiger partial charge in [-0.1, -0.05) is 23.7 Å². The molecule has 0 aliphatic carbocycles. The highest BCUT2D eigenvalue weighted by atomic mass is 35.5. The SMILES string of the molecule is CN(C)S(=O)(=O)c1cccc(C[NH+](C)CCOc2ccc(Cl)cc2)c1. The van der Waals surface area contributed by atoms with Crippen LogP contribution in [-0.4, -0.2) is 47.0 Å². The van der Waals surface area contributed by atoms with E-state index in [1.54, 1.807) is 30.3 Å². The number of nitrogens with zero attached hydrogens (tertiary/aromatic N) is 1. The third kappa shape index (κ3) is 5.71. The zero-order valence-electron chi connectivity index (χ0n) is 14.7. The molecule has 1 N–H and O–H groups in total. The van der Waals surface area contributed by atoms with E-state index in [0.29, 0.717) is 16.5 Å². The van der Waals surface area contributed by atoms with Gasteiger partial charge in [-0.2, -0.15) is 0 Å². The molecule has 2 rings (SSSR count). The average Bonchev–Trinajstić information content (AvgIpc) is 2.56. The van der Waals surface area contributed by atoms with Gasteiger partial charge < -0.3 is 9.64 Å². The summed E-state index contributed by atoms with van der Waals surface area (Å²) in [5.41, 5.74) is 0.979. The molecule has 1 atom stereocenters. The Labute approximate surface area is 154 Å². The summed E-state index contributed by atoms with van der Waals surface area (Å²) < 4.78 is 31.3. The van der Waals surface area contributed by atoms with Gasteiger partial charge in [-0.15, -0.1) is 0 Å². The lowest BCUT2D eigenvalue weighted by atomic mass is 10.2. The van der Waals surface area contributed by atoms with E-state index >= 15 is 0 Å².